The molecule has 3 heterocycles. The summed E-state index contributed by atoms with van der Waals surface area (Å²) in [5.74, 6) is 0.283. The van der Waals surface area contributed by atoms with Crippen molar-refractivity contribution in [3.63, 3.8) is 0 Å². The third kappa shape index (κ3) is 2.93. The molecular weight excluding hydrogens is 322 g/mol. The van der Waals surface area contributed by atoms with Crippen molar-refractivity contribution < 1.29 is 22.5 Å². The van der Waals surface area contributed by atoms with Crippen molar-refractivity contribution in [2.75, 3.05) is 0 Å². The highest BCUT2D eigenvalue weighted by molar-refractivity contribution is 6.62. The summed E-state index contributed by atoms with van der Waals surface area (Å²) >= 11 is 0. The lowest BCUT2D eigenvalue weighted by atomic mass is 9.82. The molecule has 0 unspecified atom stereocenters. The average molecular weight is 339 g/mol. The molecular formula is C15H17BF3N3O2. The molecule has 9 heteroatoms. The summed E-state index contributed by atoms with van der Waals surface area (Å²) in [5, 5.41) is 4.13. The van der Waals surface area contributed by atoms with Crippen molar-refractivity contribution in [1.29, 1.82) is 0 Å². The number of hydrogen-bond acceptors (Lipinski definition) is 4. The van der Waals surface area contributed by atoms with E-state index in [0.717, 1.165) is 12.3 Å². The molecule has 2 aromatic rings. The monoisotopic (exact) mass is 339 g/mol. The maximum Gasteiger partial charge on any atom is 0.498 e. The van der Waals surface area contributed by atoms with E-state index in [0.29, 0.717) is 5.46 Å². The van der Waals surface area contributed by atoms with E-state index in [-0.39, 0.29) is 5.82 Å². The third-order valence-electron chi connectivity index (χ3n) is 4.44. The van der Waals surface area contributed by atoms with Gasteiger partial charge in [0.05, 0.1) is 16.8 Å². The van der Waals surface area contributed by atoms with Crippen LogP contribution in [0.5, 0.6) is 0 Å². The molecule has 24 heavy (non-hydrogen) atoms. The zero-order valence-corrected chi connectivity index (χ0v) is 13.8. The topological polar surface area (TPSA) is 49.2 Å². The highest BCUT2D eigenvalue weighted by Crippen LogP contribution is 2.36. The van der Waals surface area contributed by atoms with Crippen LogP contribution in [0.2, 0.25) is 0 Å². The fourth-order valence-corrected chi connectivity index (χ4v) is 2.25. The maximum atomic E-state index is 12.6. The SMILES string of the molecule is CC1(C)OB(c2cnn(-c3ccc(C(F)(F)F)cn3)c2)OC1(C)C. The first-order valence-electron chi connectivity index (χ1n) is 7.43. The molecule has 1 fully saturated rings. The van der Waals surface area contributed by atoms with Gasteiger partial charge in [-0.05, 0) is 39.8 Å². The van der Waals surface area contributed by atoms with Crippen LogP contribution in [-0.2, 0) is 15.5 Å². The number of rotatable bonds is 2. The summed E-state index contributed by atoms with van der Waals surface area (Å²) in [6.45, 7) is 7.76. The van der Waals surface area contributed by atoms with Gasteiger partial charge in [0, 0.05) is 24.1 Å². The van der Waals surface area contributed by atoms with Gasteiger partial charge in [-0.3, -0.25) is 0 Å². The molecule has 0 bridgehead atoms. The standard InChI is InChI=1S/C15H17BF3N3O2/c1-13(2)14(3,4)24-16(23-13)11-8-21-22(9-11)12-6-5-10(7-20-12)15(17,18)19/h5-9H,1-4H3. The molecule has 128 valence electrons. The van der Waals surface area contributed by atoms with E-state index in [1.165, 1.54) is 10.7 Å². The molecule has 0 amide bonds. The molecule has 0 spiro atoms. The number of halogens is 3. The Morgan fingerprint density at radius 1 is 1.04 bits per heavy atom. The molecule has 0 radical (unpaired) electrons. The van der Waals surface area contributed by atoms with Crippen LogP contribution < -0.4 is 5.46 Å². The van der Waals surface area contributed by atoms with Crippen LogP contribution >= 0.6 is 0 Å². The first-order valence-corrected chi connectivity index (χ1v) is 7.43. The Morgan fingerprint density at radius 2 is 1.67 bits per heavy atom. The molecule has 0 aliphatic carbocycles. The summed E-state index contributed by atoms with van der Waals surface area (Å²) < 4.78 is 51.0. The predicted molar refractivity (Wildman–Crippen MR) is 82.1 cm³/mol. The Labute approximate surface area is 137 Å². The fourth-order valence-electron chi connectivity index (χ4n) is 2.25. The largest absolute Gasteiger partial charge is 0.498 e. The summed E-state index contributed by atoms with van der Waals surface area (Å²) in [7, 11) is -0.585. The maximum absolute atomic E-state index is 12.6. The molecule has 0 saturated carbocycles. The highest BCUT2D eigenvalue weighted by Gasteiger charge is 2.52. The molecule has 0 atom stereocenters. The average Bonchev–Trinajstić information content (AvgIpc) is 3.02. The van der Waals surface area contributed by atoms with Crippen molar-refractivity contribution in [2.24, 2.45) is 0 Å². The molecule has 0 aromatic carbocycles. The van der Waals surface area contributed by atoms with E-state index in [2.05, 4.69) is 10.1 Å². The van der Waals surface area contributed by atoms with Crippen molar-refractivity contribution in [1.82, 2.24) is 14.8 Å². The molecule has 3 rings (SSSR count). The first kappa shape index (κ1) is 17.0. The van der Waals surface area contributed by atoms with Crippen LogP contribution in [0, 0.1) is 0 Å². The van der Waals surface area contributed by atoms with E-state index in [1.54, 1.807) is 12.4 Å². The number of alkyl halides is 3. The van der Waals surface area contributed by atoms with Crippen LogP contribution in [-0.4, -0.2) is 33.1 Å². The summed E-state index contributed by atoms with van der Waals surface area (Å²) in [6.07, 6.45) is -0.436. The van der Waals surface area contributed by atoms with Gasteiger partial charge in [-0.2, -0.15) is 18.3 Å². The lowest BCUT2D eigenvalue weighted by Gasteiger charge is -2.32. The van der Waals surface area contributed by atoms with Crippen LogP contribution in [0.1, 0.15) is 33.3 Å². The Hall–Kier alpha value is -1.87. The Bertz CT molecular complexity index is 725. The second kappa shape index (κ2) is 5.32. The van der Waals surface area contributed by atoms with Crippen molar-refractivity contribution in [2.45, 2.75) is 45.1 Å². The van der Waals surface area contributed by atoms with Gasteiger partial charge in [0.1, 0.15) is 0 Å². The molecule has 0 N–H and O–H groups in total. The molecule has 1 saturated heterocycles. The summed E-state index contributed by atoms with van der Waals surface area (Å²) in [6, 6.07) is 2.24. The van der Waals surface area contributed by atoms with Gasteiger partial charge >= 0.3 is 13.3 Å². The van der Waals surface area contributed by atoms with Crippen LogP contribution in [0.15, 0.2) is 30.7 Å². The number of nitrogens with zero attached hydrogens (tertiary/aromatic N) is 3. The van der Waals surface area contributed by atoms with Crippen molar-refractivity contribution >= 4 is 12.6 Å². The van der Waals surface area contributed by atoms with Gasteiger partial charge in [0.25, 0.3) is 0 Å². The Kier molecular flexibility index (Phi) is 3.76. The van der Waals surface area contributed by atoms with E-state index >= 15 is 0 Å². The molecule has 5 nitrogen and oxygen atoms in total. The van der Waals surface area contributed by atoms with Crippen LogP contribution in [0.4, 0.5) is 13.2 Å². The van der Waals surface area contributed by atoms with Crippen LogP contribution in [0.25, 0.3) is 5.82 Å². The minimum Gasteiger partial charge on any atom is -0.399 e. The third-order valence-corrected chi connectivity index (χ3v) is 4.44. The normalized spacial score (nSPS) is 19.7. The molecule has 1 aliphatic heterocycles. The Morgan fingerprint density at radius 3 is 2.17 bits per heavy atom. The minimum atomic E-state index is -4.41. The van der Waals surface area contributed by atoms with Gasteiger partial charge in [0.15, 0.2) is 5.82 Å². The lowest BCUT2D eigenvalue weighted by molar-refractivity contribution is -0.137. The number of aromatic nitrogens is 3. The smallest absolute Gasteiger partial charge is 0.399 e. The molecule has 2 aromatic heterocycles. The lowest BCUT2D eigenvalue weighted by Crippen LogP contribution is -2.41. The van der Waals surface area contributed by atoms with Gasteiger partial charge in [-0.25, -0.2) is 9.67 Å². The van der Waals surface area contributed by atoms with Gasteiger partial charge in [-0.15, -0.1) is 0 Å². The van der Waals surface area contributed by atoms with Gasteiger partial charge in [-0.1, -0.05) is 0 Å². The Balaban J connectivity index is 1.82. The van der Waals surface area contributed by atoms with Gasteiger partial charge in [0.2, 0.25) is 0 Å². The second-order valence-corrected chi connectivity index (χ2v) is 6.71. The van der Waals surface area contributed by atoms with E-state index in [4.69, 9.17) is 9.31 Å². The number of hydrogen-bond donors (Lipinski definition) is 0. The van der Waals surface area contributed by atoms with E-state index < -0.39 is 30.1 Å². The first-order chi connectivity index (χ1) is 11.0. The van der Waals surface area contributed by atoms with Crippen LogP contribution in [0.3, 0.4) is 0 Å². The fraction of sp³-hybridized carbons (Fsp3) is 0.467. The van der Waals surface area contributed by atoms with E-state index in [1.807, 2.05) is 27.7 Å². The van der Waals surface area contributed by atoms with Crippen molar-refractivity contribution in [3.8, 4) is 5.82 Å². The van der Waals surface area contributed by atoms with E-state index in [9.17, 15) is 13.2 Å². The molecule has 1 aliphatic rings. The highest BCUT2D eigenvalue weighted by atomic mass is 19.4. The summed E-state index contributed by atoms with van der Waals surface area (Å²) in [5.41, 5.74) is -1.08. The second-order valence-electron chi connectivity index (χ2n) is 6.71. The predicted octanol–water partition coefficient (Wildman–Crippen LogP) is 2.59. The van der Waals surface area contributed by atoms with Crippen molar-refractivity contribution in [3.05, 3.63) is 36.3 Å². The number of pyridine rings is 1. The summed E-state index contributed by atoms with van der Waals surface area (Å²) in [4.78, 5) is 3.81. The zero-order valence-electron chi connectivity index (χ0n) is 13.8. The van der Waals surface area contributed by atoms with Gasteiger partial charge < -0.3 is 9.31 Å². The quantitative estimate of drug-likeness (QED) is 0.790. The zero-order chi connectivity index (χ0) is 17.8. The minimum absolute atomic E-state index is 0.283.